The van der Waals surface area contributed by atoms with Gasteiger partial charge in [0.15, 0.2) is 0 Å². The molecule has 2 saturated heterocycles. The van der Waals surface area contributed by atoms with Crippen molar-refractivity contribution < 1.29 is 9.59 Å². The van der Waals surface area contributed by atoms with Crippen LogP contribution in [0, 0.1) is 11.3 Å². The smallest absolute Gasteiger partial charge is 0.240 e. The summed E-state index contributed by atoms with van der Waals surface area (Å²) in [4.78, 5) is 25.6. The summed E-state index contributed by atoms with van der Waals surface area (Å²) in [6.07, 6.45) is 2.89. The van der Waals surface area contributed by atoms with E-state index in [1.165, 1.54) is 0 Å². The molecular weight excluding hydrogens is 230 g/mol. The Labute approximate surface area is 108 Å². The predicted octanol–water partition coefficient (Wildman–Crippen LogP) is 0.0984. The number of likely N-dealkylation sites (tertiary alicyclic amines) is 1. The Morgan fingerprint density at radius 2 is 2.17 bits per heavy atom. The third kappa shape index (κ3) is 2.36. The second kappa shape index (κ2) is 4.88. The summed E-state index contributed by atoms with van der Waals surface area (Å²) in [5, 5.41) is 3.29. The standard InChI is InChI=1S/C13H23N3O2/c1-9-4-3-6-15-10(9)11(17)16-7-5-13(2,8-16)12(14)18/h9-10,15H,3-8H2,1-2H3,(H2,14,18). The van der Waals surface area contributed by atoms with Gasteiger partial charge in [-0.2, -0.15) is 0 Å². The molecule has 2 amide bonds. The van der Waals surface area contributed by atoms with Crippen molar-refractivity contribution in [3.05, 3.63) is 0 Å². The lowest BCUT2D eigenvalue weighted by molar-refractivity contribution is -0.135. The zero-order chi connectivity index (χ0) is 13.3. The summed E-state index contributed by atoms with van der Waals surface area (Å²) in [6.45, 7) is 5.97. The Morgan fingerprint density at radius 3 is 2.72 bits per heavy atom. The molecule has 102 valence electrons. The van der Waals surface area contributed by atoms with Crippen molar-refractivity contribution in [2.45, 2.75) is 39.2 Å². The van der Waals surface area contributed by atoms with Crippen LogP contribution in [0.3, 0.4) is 0 Å². The van der Waals surface area contributed by atoms with E-state index < -0.39 is 5.41 Å². The summed E-state index contributed by atoms with van der Waals surface area (Å²) in [5.74, 6) is 0.196. The molecule has 3 N–H and O–H groups in total. The van der Waals surface area contributed by atoms with E-state index in [-0.39, 0.29) is 17.9 Å². The molecular formula is C13H23N3O2. The fourth-order valence-corrected chi connectivity index (χ4v) is 2.93. The molecule has 2 fully saturated rings. The number of hydrogen-bond donors (Lipinski definition) is 2. The lowest BCUT2D eigenvalue weighted by Gasteiger charge is -2.32. The fraction of sp³-hybridized carbons (Fsp3) is 0.846. The van der Waals surface area contributed by atoms with Crippen molar-refractivity contribution in [3.8, 4) is 0 Å². The van der Waals surface area contributed by atoms with Crippen LogP contribution < -0.4 is 11.1 Å². The highest BCUT2D eigenvalue weighted by Crippen LogP contribution is 2.30. The van der Waals surface area contributed by atoms with Gasteiger partial charge in [-0.1, -0.05) is 6.92 Å². The normalized spacial score (nSPS) is 36.7. The Kier molecular flexibility index (Phi) is 3.61. The summed E-state index contributed by atoms with van der Waals surface area (Å²) >= 11 is 0. The molecule has 0 aliphatic carbocycles. The van der Waals surface area contributed by atoms with Gasteiger partial charge in [0.1, 0.15) is 0 Å². The number of hydrogen-bond acceptors (Lipinski definition) is 3. The second-order valence-corrected chi connectivity index (χ2v) is 5.99. The van der Waals surface area contributed by atoms with Crippen LogP contribution in [-0.2, 0) is 9.59 Å². The van der Waals surface area contributed by atoms with E-state index in [9.17, 15) is 9.59 Å². The first-order valence-corrected chi connectivity index (χ1v) is 6.76. The quantitative estimate of drug-likeness (QED) is 0.733. The number of carbonyl (C=O) groups excluding carboxylic acids is 2. The van der Waals surface area contributed by atoms with Crippen molar-refractivity contribution in [1.82, 2.24) is 10.2 Å². The van der Waals surface area contributed by atoms with Crippen LogP contribution in [0.4, 0.5) is 0 Å². The average molecular weight is 253 g/mol. The third-order valence-electron chi connectivity index (χ3n) is 4.42. The number of rotatable bonds is 2. The highest BCUT2D eigenvalue weighted by Gasteiger charge is 2.42. The van der Waals surface area contributed by atoms with Crippen LogP contribution in [-0.4, -0.2) is 42.4 Å². The van der Waals surface area contributed by atoms with Gasteiger partial charge < -0.3 is 16.0 Å². The fourth-order valence-electron chi connectivity index (χ4n) is 2.93. The summed E-state index contributed by atoms with van der Waals surface area (Å²) in [6, 6.07) is -0.0889. The summed E-state index contributed by atoms with van der Waals surface area (Å²) in [7, 11) is 0. The third-order valence-corrected chi connectivity index (χ3v) is 4.42. The molecule has 0 aromatic rings. The molecule has 0 aromatic heterocycles. The molecule has 0 radical (unpaired) electrons. The van der Waals surface area contributed by atoms with Gasteiger partial charge in [-0.25, -0.2) is 0 Å². The van der Waals surface area contributed by atoms with E-state index in [0.29, 0.717) is 25.4 Å². The van der Waals surface area contributed by atoms with E-state index in [1.807, 2.05) is 6.92 Å². The van der Waals surface area contributed by atoms with Gasteiger partial charge in [0.05, 0.1) is 11.5 Å². The maximum absolute atomic E-state index is 12.4. The van der Waals surface area contributed by atoms with Crippen molar-refractivity contribution in [1.29, 1.82) is 0 Å². The maximum atomic E-state index is 12.4. The summed E-state index contributed by atoms with van der Waals surface area (Å²) < 4.78 is 0. The molecule has 2 aliphatic rings. The van der Waals surface area contributed by atoms with Gasteiger partial charge >= 0.3 is 0 Å². The second-order valence-electron chi connectivity index (χ2n) is 5.99. The van der Waals surface area contributed by atoms with Gasteiger partial charge in [-0.15, -0.1) is 0 Å². The first-order valence-electron chi connectivity index (χ1n) is 6.76. The largest absolute Gasteiger partial charge is 0.369 e. The number of carbonyl (C=O) groups is 2. The number of nitrogens with two attached hydrogens (primary N) is 1. The minimum atomic E-state index is -0.548. The highest BCUT2D eigenvalue weighted by molar-refractivity contribution is 5.86. The Balaban J connectivity index is 2.01. The van der Waals surface area contributed by atoms with E-state index in [1.54, 1.807) is 4.90 Å². The van der Waals surface area contributed by atoms with Gasteiger partial charge in [0.2, 0.25) is 11.8 Å². The number of nitrogens with one attached hydrogen (secondary N) is 1. The predicted molar refractivity (Wildman–Crippen MR) is 68.7 cm³/mol. The Morgan fingerprint density at radius 1 is 1.44 bits per heavy atom. The van der Waals surface area contributed by atoms with Crippen molar-refractivity contribution in [3.63, 3.8) is 0 Å². The van der Waals surface area contributed by atoms with Gasteiger partial charge in [0, 0.05) is 13.1 Å². The lowest BCUT2D eigenvalue weighted by atomic mass is 9.89. The molecule has 0 bridgehead atoms. The van der Waals surface area contributed by atoms with Crippen LogP contribution in [0.25, 0.3) is 0 Å². The molecule has 5 nitrogen and oxygen atoms in total. The minimum Gasteiger partial charge on any atom is -0.369 e. The number of nitrogens with zero attached hydrogens (tertiary/aromatic N) is 1. The highest BCUT2D eigenvalue weighted by atomic mass is 16.2. The zero-order valence-electron chi connectivity index (χ0n) is 11.2. The van der Waals surface area contributed by atoms with Crippen LogP contribution in [0.2, 0.25) is 0 Å². The molecule has 3 unspecified atom stereocenters. The van der Waals surface area contributed by atoms with Gasteiger partial charge in [-0.05, 0) is 38.6 Å². The van der Waals surface area contributed by atoms with Crippen LogP contribution in [0.1, 0.15) is 33.1 Å². The molecule has 0 spiro atoms. The van der Waals surface area contributed by atoms with Crippen molar-refractivity contribution >= 4 is 11.8 Å². The molecule has 18 heavy (non-hydrogen) atoms. The van der Waals surface area contributed by atoms with Gasteiger partial charge in [-0.3, -0.25) is 9.59 Å². The Hall–Kier alpha value is -1.10. The molecule has 2 heterocycles. The number of primary amides is 1. The van der Waals surface area contributed by atoms with Crippen LogP contribution >= 0.6 is 0 Å². The van der Waals surface area contributed by atoms with Crippen molar-refractivity contribution in [2.75, 3.05) is 19.6 Å². The average Bonchev–Trinajstić information content (AvgIpc) is 2.73. The maximum Gasteiger partial charge on any atom is 0.240 e. The molecule has 5 heteroatoms. The Bertz CT molecular complexity index is 358. The molecule has 2 rings (SSSR count). The first-order chi connectivity index (χ1) is 8.44. The lowest BCUT2D eigenvalue weighted by Crippen LogP contribution is -2.52. The topological polar surface area (TPSA) is 75.4 Å². The zero-order valence-corrected chi connectivity index (χ0v) is 11.2. The van der Waals surface area contributed by atoms with Crippen LogP contribution in [0.15, 0.2) is 0 Å². The molecule has 2 aliphatic heterocycles. The minimum absolute atomic E-state index is 0.0889. The van der Waals surface area contributed by atoms with Crippen molar-refractivity contribution in [2.24, 2.45) is 17.1 Å². The van der Waals surface area contributed by atoms with E-state index in [0.717, 1.165) is 19.4 Å². The van der Waals surface area contributed by atoms with Crippen LogP contribution in [0.5, 0.6) is 0 Å². The first kappa shape index (κ1) is 13.3. The molecule has 0 aromatic carbocycles. The van der Waals surface area contributed by atoms with Gasteiger partial charge in [0.25, 0.3) is 0 Å². The SMILES string of the molecule is CC1CCCNC1C(=O)N1CCC(C)(C(N)=O)C1. The molecule has 0 saturated carbocycles. The molecule has 3 atom stereocenters. The van der Waals surface area contributed by atoms with E-state index in [4.69, 9.17) is 5.73 Å². The van der Waals surface area contributed by atoms with E-state index in [2.05, 4.69) is 12.2 Å². The van der Waals surface area contributed by atoms with E-state index >= 15 is 0 Å². The number of piperidine rings is 1. The summed E-state index contributed by atoms with van der Waals surface area (Å²) in [5.41, 5.74) is 4.86. The number of amides is 2. The monoisotopic (exact) mass is 253 g/mol.